The normalized spacial score (nSPS) is 16.0. The van der Waals surface area contributed by atoms with Crippen molar-refractivity contribution in [2.45, 2.75) is 32.7 Å². The fourth-order valence-electron chi connectivity index (χ4n) is 2.49. The van der Waals surface area contributed by atoms with Crippen molar-refractivity contribution in [3.05, 3.63) is 16.1 Å². The van der Waals surface area contributed by atoms with Crippen LogP contribution >= 0.6 is 11.3 Å². The zero-order chi connectivity index (χ0) is 17.6. The second-order valence-electron chi connectivity index (χ2n) is 6.15. The molecular formula is C15H27N5O2S2. The van der Waals surface area contributed by atoms with Crippen LogP contribution in [0.25, 0.3) is 0 Å². The number of guanidine groups is 1. The molecule has 0 unspecified atom stereocenters. The van der Waals surface area contributed by atoms with E-state index in [1.54, 1.807) is 18.4 Å². The van der Waals surface area contributed by atoms with Crippen molar-refractivity contribution < 1.29 is 8.42 Å². The largest absolute Gasteiger partial charge is 0.355 e. The lowest BCUT2D eigenvalue weighted by Crippen LogP contribution is -2.42. The average Bonchev–Trinajstić information content (AvgIpc) is 2.86. The lowest BCUT2D eigenvalue weighted by molar-refractivity contribution is 0.316. The van der Waals surface area contributed by atoms with Crippen molar-refractivity contribution in [2.24, 2.45) is 10.9 Å². The predicted molar refractivity (Wildman–Crippen MR) is 98.8 cm³/mol. The van der Waals surface area contributed by atoms with E-state index in [-0.39, 0.29) is 5.75 Å². The molecule has 1 aliphatic carbocycles. The molecule has 0 aliphatic heterocycles. The highest BCUT2D eigenvalue weighted by Gasteiger charge is 2.20. The van der Waals surface area contributed by atoms with Crippen LogP contribution in [0.15, 0.2) is 10.4 Å². The lowest BCUT2D eigenvalue weighted by Gasteiger charge is -2.25. The van der Waals surface area contributed by atoms with Crippen LogP contribution in [0, 0.1) is 12.8 Å². The zero-order valence-electron chi connectivity index (χ0n) is 14.6. The Bertz CT molecular complexity index is 653. The number of nitrogens with zero attached hydrogens (tertiary/aromatic N) is 3. The molecule has 1 saturated carbocycles. The predicted octanol–water partition coefficient (Wildman–Crippen LogP) is 1.18. The molecule has 0 spiro atoms. The van der Waals surface area contributed by atoms with Gasteiger partial charge in [0.25, 0.3) is 0 Å². The molecule has 24 heavy (non-hydrogen) atoms. The maximum atomic E-state index is 12.0. The van der Waals surface area contributed by atoms with Crippen molar-refractivity contribution in [1.82, 2.24) is 19.9 Å². The summed E-state index contributed by atoms with van der Waals surface area (Å²) in [6, 6.07) is 0. The van der Waals surface area contributed by atoms with E-state index in [0.29, 0.717) is 31.5 Å². The number of nitrogens with one attached hydrogen (secondary N) is 2. The molecular weight excluding hydrogens is 346 g/mol. The minimum atomic E-state index is -3.23. The van der Waals surface area contributed by atoms with E-state index in [1.165, 1.54) is 6.42 Å². The molecule has 0 atom stereocenters. The van der Waals surface area contributed by atoms with Gasteiger partial charge in [-0.1, -0.05) is 6.42 Å². The summed E-state index contributed by atoms with van der Waals surface area (Å²) < 4.78 is 26.7. The van der Waals surface area contributed by atoms with Crippen molar-refractivity contribution in [2.75, 3.05) is 32.9 Å². The van der Waals surface area contributed by atoms with Crippen LogP contribution in [0.4, 0.5) is 0 Å². The van der Waals surface area contributed by atoms with Gasteiger partial charge in [0.1, 0.15) is 0 Å². The Labute approximate surface area is 148 Å². The Morgan fingerprint density at radius 1 is 1.50 bits per heavy atom. The lowest BCUT2D eigenvalue weighted by atomic mass is 9.86. The monoisotopic (exact) mass is 373 g/mol. The van der Waals surface area contributed by atoms with E-state index in [2.05, 4.69) is 20.0 Å². The summed E-state index contributed by atoms with van der Waals surface area (Å²) in [5.41, 5.74) is 0.984. The smallest absolute Gasteiger partial charge is 0.213 e. The molecule has 7 nitrogen and oxygen atoms in total. The Balaban J connectivity index is 1.73. The van der Waals surface area contributed by atoms with E-state index >= 15 is 0 Å². The highest BCUT2D eigenvalue weighted by atomic mass is 32.2. The Morgan fingerprint density at radius 3 is 2.79 bits per heavy atom. The van der Waals surface area contributed by atoms with Crippen LogP contribution < -0.4 is 10.0 Å². The SMILES string of the molecule is CN=C(NCCS(=O)(=O)NCC1CCC1)N(C)Cc1csc(C)n1. The number of hydrogen-bond donors (Lipinski definition) is 2. The van der Waals surface area contributed by atoms with Crippen LogP contribution in [-0.4, -0.2) is 57.2 Å². The Morgan fingerprint density at radius 2 is 2.25 bits per heavy atom. The molecule has 2 N–H and O–H groups in total. The summed E-state index contributed by atoms with van der Waals surface area (Å²) in [7, 11) is 0.364. The minimum Gasteiger partial charge on any atom is -0.355 e. The van der Waals surface area contributed by atoms with Crippen LogP contribution in [0.2, 0.25) is 0 Å². The van der Waals surface area contributed by atoms with Gasteiger partial charge >= 0.3 is 0 Å². The van der Waals surface area contributed by atoms with Crippen LogP contribution in [0.1, 0.15) is 30.0 Å². The topological polar surface area (TPSA) is 86.7 Å². The number of aryl methyl sites for hydroxylation is 1. The molecule has 2 rings (SSSR count). The van der Waals surface area contributed by atoms with E-state index in [1.807, 2.05) is 24.3 Å². The van der Waals surface area contributed by atoms with Gasteiger partial charge in [-0.2, -0.15) is 0 Å². The van der Waals surface area contributed by atoms with Gasteiger partial charge in [-0.3, -0.25) is 4.99 Å². The maximum absolute atomic E-state index is 12.0. The van der Waals surface area contributed by atoms with Gasteiger partial charge in [0, 0.05) is 32.6 Å². The first-order valence-electron chi connectivity index (χ1n) is 8.20. The molecule has 1 fully saturated rings. The molecule has 1 aliphatic rings. The molecule has 0 radical (unpaired) electrons. The van der Waals surface area contributed by atoms with Gasteiger partial charge in [0.05, 0.1) is 23.0 Å². The molecule has 1 heterocycles. The van der Waals surface area contributed by atoms with Crippen molar-refractivity contribution in [3.8, 4) is 0 Å². The maximum Gasteiger partial charge on any atom is 0.213 e. The van der Waals surface area contributed by atoms with Gasteiger partial charge in [-0.15, -0.1) is 11.3 Å². The first-order valence-corrected chi connectivity index (χ1v) is 10.7. The van der Waals surface area contributed by atoms with Crippen molar-refractivity contribution in [1.29, 1.82) is 0 Å². The number of thiazole rings is 1. The fraction of sp³-hybridized carbons (Fsp3) is 0.733. The summed E-state index contributed by atoms with van der Waals surface area (Å²) >= 11 is 1.62. The first-order chi connectivity index (χ1) is 11.4. The van der Waals surface area contributed by atoms with Gasteiger partial charge in [0.2, 0.25) is 10.0 Å². The zero-order valence-corrected chi connectivity index (χ0v) is 16.2. The standard InChI is InChI=1S/C15H27N5O2S2/c1-12-19-14(11-23-12)10-20(3)15(16-2)17-7-8-24(21,22)18-9-13-5-4-6-13/h11,13,18H,4-10H2,1-3H3,(H,16,17). The van der Waals surface area contributed by atoms with Crippen molar-refractivity contribution in [3.63, 3.8) is 0 Å². The number of aliphatic imine (C=N–C) groups is 1. The van der Waals surface area contributed by atoms with Crippen LogP contribution in [0.3, 0.4) is 0 Å². The Hall–Kier alpha value is -1.19. The second-order valence-corrected chi connectivity index (χ2v) is 9.14. The molecule has 9 heteroatoms. The van der Waals surface area contributed by atoms with Crippen molar-refractivity contribution >= 4 is 27.3 Å². The highest BCUT2D eigenvalue weighted by Crippen LogP contribution is 2.25. The third-order valence-corrected chi connectivity index (χ3v) is 6.28. The quantitative estimate of drug-likeness (QED) is 0.528. The third kappa shape index (κ3) is 6.03. The summed E-state index contributed by atoms with van der Waals surface area (Å²) in [6.07, 6.45) is 3.48. The van der Waals surface area contributed by atoms with E-state index in [9.17, 15) is 8.42 Å². The average molecular weight is 374 g/mol. The fourth-order valence-corrected chi connectivity index (χ4v) is 4.10. The summed E-state index contributed by atoms with van der Waals surface area (Å²) in [5.74, 6) is 1.23. The number of hydrogen-bond acceptors (Lipinski definition) is 5. The molecule has 0 saturated heterocycles. The summed E-state index contributed by atoms with van der Waals surface area (Å²) in [5, 5.41) is 6.15. The number of rotatable bonds is 8. The number of aromatic nitrogens is 1. The van der Waals surface area contributed by atoms with E-state index < -0.39 is 10.0 Å². The van der Waals surface area contributed by atoms with Crippen LogP contribution in [-0.2, 0) is 16.6 Å². The summed E-state index contributed by atoms with van der Waals surface area (Å²) in [6.45, 7) is 3.51. The van der Waals surface area contributed by atoms with Gasteiger partial charge in [-0.25, -0.2) is 18.1 Å². The first kappa shape index (κ1) is 19.1. The third-order valence-electron chi connectivity index (χ3n) is 4.11. The van der Waals surface area contributed by atoms with Gasteiger partial charge in [-0.05, 0) is 25.7 Å². The van der Waals surface area contributed by atoms with E-state index in [4.69, 9.17) is 0 Å². The minimum absolute atomic E-state index is 0.0440. The number of sulfonamides is 1. The molecule has 1 aromatic heterocycles. The summed E-state index contributed by atoms with van der Waals surface area (Å²) in [4.78, 5) is 10.6. The second kappa shape index (κ2) is 8.77. The highest BCUT2D eigenvalue weighted by molar-refractivity contribution is 7.89. The van der Waals surface area contributed by atoms with Gasteiger partial charge < -0.3 is 10.2 Å². The van der Waals surface area contributed by atoms with Gasteiger partial charge in [0.15, 0.2) is 5.96 Å². The Kier molecular flexibility index (Phi) is 7.00. The van der Waals surface area contributed by atoms with E-state index in [0.717, 1.165) is 23.5 Å². The molecule has 136 valence electrons. The molecule has 1 aromatic rings. The molecule has 0 aromatic carbocycles. The van der Waals surface area contributed by atoms with Crippen LogP contribution in [0.5, 0.6) is 0 Å². The molecule has 0 amide bonds. The molecule has 0 bridgehead atoms.